The van der Waals surface area contributed by atoms with Gasteiger partial charge in [-0.3, -0.25) is 4.98 Å². The minimum absolute atomic E-state index is 0.958. The SMILES string of the molecule is c1cc(-c2ccc(-c3ccc4c5ccccc5c5ccccc5c4c3)cn2)cc(-n2c3ccccc3c3cc4sc5ccccc5c4cc32)c1. The van der Waals surface area contributed by atoms with Gasteiger partial charge in [0, 0.05) is 54.0 Å². The highest BCUT2D eigenvalue weighted by Gasteiger charge is 2.16. The average Bonchev–Trinajstić information content (AvgIpc) is 3.72. The van der Waals surface area contributed by atoms with Crippen molar-refractivity contribution < 1.29 is 0 Å². The van der Waals surface area contributed by atoms with E-state index in [-0.39, 0.29) is 0 Å². The molecule has 8 aromatic carbocycles. The van der Waals surface area contributed by atoms with Crippen LogP contribution in [0, 0.1) is 0 Å². The molecule has 11 aromatic rings. The molecule has 0 fully saturated rings. The molecule has 0 radical (unpaired) electrons. The molecule has 0 atom stereocenters. The van der Waals surface area contributed by atoms with E-state index in [4.69, 9.17) is 4.98 Å². The second-order valence-corrected chi connectivity index (χ2v) is 14.2. The van der Waals surface area contributed by atoms with Crippen LogP contribution >= 0.6 is 11.3 Å². The molecule has 11 rings (SSSR count). The highest BCUT2D eigenvalue weighted by Crippen LogP contribution is 2.41. The topological polar surface area (TPSA) is 17.8 Å². The molecule has 2 nitrogen and oxygen atoms in total. The predicted molar refractivity (Wildman–Crippen MR) is 215 cm³/mol. The van der Waals surface area contributed by atoms with E-state index in [0.717, 1.165) is 22.5 Å². The van der Waals surface area contributed by atoms with Crippen LogP contribution in [0.3, 0.4) is 0 Å². The van der Waals surface area contributed by atoms with Crippen LogP contribution in [0.15, 0.2) is 170 Å². The zero-order chi connectivity index (χ0) is 32.8. The Morgan fingerprint density at radius 3 is 1.78 bits per heavy atom. The number of para-hydroxylation sites is 1. The molecule has 50 heavy (non-hydrogen) atoms. The van der Waals surface area contributed by atoms with Crippen molar-refractivity contribution >= 4 is 85.6 Å². The van der Waals surface area contributed by atoms with Gasteiger partial charge in [0.1, 0.15) is 0 Å². The summed E-state index contributed by atoms with van der Waals surface area (Å²) in [6, 6.07) is 59.7. The highest BCUT2D eigenvalue weighted by atomic mass is 32.1. The number of aromatic nitrogens is 2. The van der Waals surface area contributed by atoms with Crippen molar-refractivity contribution in [1.29, 1.82) is 0 Å². The monoisotopic (exact) mass is 652 g/mol. The molecule has 0 saturated carbocycles. The molecular weight excluding hydrogens is 625 g/mol. The van der Waals surface area contributed by atoms with E-state index in [0.29, 0.717) is 0 Å². The minimum Gasteiger partial charge on any atom is -0.309 e. The van der Waals surface area contributed by atoms with E-state index < -0.39 is 0 Å². The van der Waals surface area contributed by atoms with Gasteiger partial charge in [-0.05, 0) is 86.4 Å². The Kier molecular flexibility index (Phi) is 5.86. The van der Waals surface area contributed by atoms with E-state index in [1.165, 1.54) is 79.9 Å². The molecule has 3 aromatic heterocycles. The summed E-state index contributed by atoms with van der Waals surface area (Å²) < 4.78 is 5.07. The Bertz CT molecular complexity index is 3110. The number of nitrogens with zero attached hydrogens (tertiary/aromatic N) is 2. The average molecular weight is 653 g/mol. The summed E-state index contributed by atoms with van der Waals surface area (Å²) in [5.41, 5.74) is 7.90. The summed E-state index contributed by atoms with van der Waals surface area (Å²) in [6.07, 6.45) is 2.02. The van der Waals surface area contributed by atoms with Gasteiger partial charge >= 0.3 is 0 Å². The van der Waals surface area contributed by atoms with E-state index in [1.54, 1.807) is 0 Å². The molecule has 0 bridgehead atoms. The Morgan fingerprint density at radius 2 is 1.02 bits per heavy atom. The molecule has 3 heterocycles. The molecular formula is C47H28N2S. The number of fused-ring (bicyclic) bond motifs is 12. The van der Waals surface area contributed by atoms with Crippen LogP contribution < -0.4 is 0 Å². The summed E-state index contributed by atoms with van der Waals surface area (Å²) in [5, 5.41) is 12.9. The molecule has 0 N–H and O–H groups in total. The van der Waals surface area contributed by atoms with Gasteiger partial charge in [0.05, 0.1) is 16.7 Å². The summed E-state index contributed by atoms with van der Waals surface area (Å²) in [5.74, 6) is 0. The van der Waals surface area contributed by atoms with Crippen molar-refractivity contribution in [3.8, 4) is 28.1 Å². The number of rotatable bonds is 3. The lowest BCUT2D eigenvalue weighted by Crippen LogP contribution is -1.95. The fourth-order valence-electron chi connectivity index (χ4n) is 8.09. The number of pyridine rings is 1. The Morgan fingerprint density at radius 1 is 0.360 bits per heavy atom. The van der Waals surface area contributed by atoms with Crippen LogP contribution in [0.1, 0.15) is 0 Å². The summed E-state index contributed by atoms with van der Waals surface area (Å²) in [4.78, 5) is 5.02. The fourth-order valence-corrected chi connectivity index (χ4v) is 9.22. The molecule has 0 amide bonds. The second-order valence-electron chi connectivity index (χ2n) is 13.2. The zero-order valence-corrected chi connectivity index (χ0v) is 27.8. The lowest BCUT2D eigenvalue weighted by Gasteiger charge is -2.12. The Hall–Kier alpha value is -6.29. The summed E-state index contributed by atoms with van der Waals surface area (Å²) in [6.45, 7) is 0. The summed E-state index contributed by atoms with van der Waals surface area (Å²) >= 11 is 1.87. The summed E-state index contributed by atoms with van der Waals surface area (Å²) in [7, 11) is 0. The molecule has 0 spiro atoms. The van der Waals surface area contributed by atoms with Gasteiger partial charge in [0.15, 0.2) is 0 Å². The maximum Gasteiger partial charge on any atom is 0.0703 e. The normalized spacial score (nSPS) is 12.0. The lowest BCUT2D eigenvalue weighted by atomic mass is 9.92. The van der Waals surface area contributed by atoms with Crippen LogP contribution in [0.25, 0.3) is 102 Å². The highest BCUT2D eigenvalue weighted by molar-refractivity contribution is 7.25. The Labute approximate surface area is 292 Å². The number of hydrogen-bond donors (Lipinski definition) is 0. The maximum atomic E-state index is 5.02. The quantitative estimate of drug-likeness (QED) is 0.174. The largest absolute Gasteiger partial charge is 0.309 e. The molecule has 0 aliphatic rings. The van der Waals surface area contributed by atoms with Gasteiger partial charge in [0.25, 0.3) is 0 Å². The maximum absolute atomic E-state index is 5.02. The molecule has 3 heteroatoms. The van der Waals surface area contributed by atoms with Crippen LogP contribution in [0.4, 0.5) is 0 Å². The molecule has 0 saturated heterocycles. The Balaban J connectivity index is 1.02. The van der Waals surface area contributed by atoms with Crippen molar-refractivity contribution in [3.63, 3.8) is 0 Å². The van der Waals surface area contributed by atoms with Gasteiger partial charge in [-0.25, -0.2) is 0 Å². The molecule has 0 unspecified atom stereocenters. The van der Waals surface area contributed by atoms with E-state index in [9.17, 15) is 0 Å². The van der Waals surface area contributed by atoms with Crippen LogP contribution in [0.2, 0.25) is 0 Å². The van der Waals surface area contributed by atoms with Gasteiger partial charge in [0.2, 0.25) is 0 Å². The first-order valence-corrected chi connectivity index (χ1v) is 17.9. The number of benzene rings is 8. The third kappa shape index (κ3) is 4.05. The zero-order valence-electron chi connectivity index (χ0n) is 27.0. The van der Waals surface area contributed by atoms with E-state index >= 15 is 0 Å². The standard InChI is InChI=1S/C47H28N2S/c1-2-14-35-33(12-1)34-13-3-4-15-36(34)40-25-29(20-22-37(35)40)31-21-23-43(48-28-31)30-10-9-11-32(24-30)49-44-18-7-5-16-38(44)41-27-47-42(26-45(41)49)39-17-6-8-19-46(39)50-47/h1-28H. The fraction of sp³-hybridized carbons (Fsp3) is 0. The number of hydrogen-bond acceptors (Lipinski definition) is 2. The molecule has 0 aliphatic heterocycles. The third-order valence-corrected chi connectivity index (χ3v) is 11.5. The van der Waals surface area contributed by atoms with Crippen molar-refractivity contribution in [2.45, 2.75) is 0 Å². The third-order valence-electron chi connectivity index (χ3n) is 10.4. The number of thiophene rings is 1. The first-order valence-electron chi connectivity index (χ1n) is 17.0. The van der Waals surface area contributed by atoms with Gasteiger partial charge < -0.3 is 4.57 Å². The first kappa shape index (κ1) is 27.6. The second kappa shape index (κ2) is 10.6. The van der Waals surface area contributed by atoms with Crippen molar-refractivity contribution in [1.82, 2.24) is 9.55 Å². The smallest absolute Gasteiger partial charge is 0.0703 e. The molecule has 232 valence electrons. The van der Waals surface area contributed by atoms with Crippen LogP contribution in [-0.2, 0) is 0 Å². The predicted octanol–water partition coefficient (Wildman–Crippen LogP) is 13.3. The van der Waals surface area contributed by atoms with Crippen molar-refractivity contribution in [3.05, 3.63) is 170 Å². The molecule has 0 aliphatic carbocycles. The van der Waals surface area contributed by atoms with E-state index in [2.05, 4.69) is 168 Å². The van der Waals surface area contributed by atoms with Crippen LogP contribution in [0.5, 0.6) is 0 Å². The van der Waals surface area contributed by atoms with Gasteiger partial charge in [-0.2, -0.15) is 0 Å². The minimum atomic E-state index is 0.958. The lowest BCUT2D eigenvalue weighted by molar-refractivity contribution is 1.18. The van der Waals surface area contributed by atoms with Gasteiger partial charge in [-0.1, -0.05) is 115 Å². The first-order chi connectivity index (χ1) is 24.8. The van der Waals surface area contributed by atoms with E-state index in [1.807, 2.05) is 17.5 Å². The van der Waals surface area contributed by atoms with Crippen LogP contribution in [-0.4, -0.2) is 9.55 Å². The van der Waals surface area contributed by atoms with Crippen molar-refractivity contribution in [2.24, 2.45) is 0 Å². The van der Waals surface area contributed by atoms with Gasteiger partial charge in [-0.15, -0.1) is 11.3 Å². The van der Waals surface area contributed by atoms with Crippen molar-refractivity contribution in [2.75, 3.05) is 0 Å².